The molecule has 5 nitrogen and oxygen atoms in total. The first-order valence-electron chi connectivity index (χ1n) is 5.59. The first kappa shape index (κ1) is 15.3. The van der Waals surface area contributed by atoms with Gasteiger partial charge in [0.1, 0.15) is 5.75 Å². The fraction of sp³-hybridized carbons (Fsp3) is 0.308. The molecular weight excluding hydrogens is 266 g/mol. The number of nitro benzene ring substituents is 1. The molecule has 102 valence electrons. The predicted molar refractivity (Wildman–Crippen MR) is 76.7 cm³/mol. The standard InChI is InChI=1S/C13H15NO4S/c1-8(2)6-18-9(3)12-5-11(14(16)17)4-10(7-19)13(12)15/h4-5,7,9,15H,1,6H2,2-3H3. The second kappa shape index (κ2) is 6.40. The zero-order valence-electron chi connectivity index (χ0n) is 10.8. The van der Waals surface area contributed by atoms with Crippen molar-refractivity contribution in [1.82, 2.24) is 0 Å². The highest BCUT2D eigenvalue weighted by atomic mass is 32.1. The van der Waals surface area contributed by atoms with Crippen molar-refractivity contribution < 1.29 is 14.8 Å². The van der Waals surface area contributed by atoms with Crippen molar-refractivity contribution in [3.8, 4) is 5.75 Å². The van der Waals surface area contributed by atoms with Gasteiger partial charge in [0.05, 0.1) is 17.6 Å². The maximum absolute atomic E-state index is 10.8. The number of hydrogen-bond donors (Lipinski definition) is 1. The topological polar surface area (TPSA) is 72.6 Å². The van der Waals surface area contributed by atoms with Crippen LogP contribution in [0.2, 0.25) is 0 Å². The summed E-state index contributed by atoms with van der Waals surface area (Å²) >= 11 is 4.74. The number of nitro groups is 1. The molecular formula is C13H15NO4S. The molecule has 0 aliphatic rings. The minimum atomic E-state index is -0.531. The molecule has 6 heteroatoms. The van der Waals surface area contributed by atoms with Gasteiger partial charge in [-0.2, -0.15) is 0 Å². The highest BCUT2D eigenvalue weighted by molar-refractivity contribution is 7.79. The Hall–Kier alpha value is -1.79. The van der Waals surface area contributed by atoms with Crippen molar-refractivity contribution in [3.05, 3.63) is 45.5 Å². The summed E-state index contributed by atoms with van der Waals surface area (Å²) in [4.78, 5) is 10.3. The minimum absolute atomic E-state index is 0.0881. The quantitative estimate of drug-likeness (QED) is 0.375. The zero-order chi connectivity index (χ0) is 14.6. The minimum Gasteiger partial charge on any atom is -0.507 e. The van der Waals surface area contributed by atoms with E-state index in [2.05, 4.69) is 6.58 Å². The van der Waals surface area contributed by atoms with Crippen LogP contribution in [0.25, 0.3) is 0 Å². The van der Waals surface area contributed by atoms with Gasteiger partial charge in [-0.3, -0.25) is 10.1 Å². The Morgan fingerprint density at radius 3 is 2.79 bits per heavy atom. The van der Waals surface area contributed by atoms with Gasteiger partial charge in [0.25, 0.3) is 5.69 Å². The molecule has 0 saturated carbocycles. The lowest BCUT2D eigenvalue weighted by Crippen LogP contribution is -2.04. The van der Waals surface area contributed by atoms with E-state index < -0.39 is 11.0 Å². The van der Waals surface area contributed by atoms with Gasteiger partial charge in [0.15, 0.2) is 0 Å². The highest BCUT2D eigenvalue weighted by Gasteiger charge is 2.19. The van der Waals surface area contributed by atoms with Crippen molar-refractivity contribution in [2.45, 2.75) is 20.0 Å². The lowest BCUT2D eigenvalue weighted by molar-refractivity contribution is -0.385. The van der Waals surface area contributed by atoms with E-state index in [4.69, 9.17) is 17.0 Å². The Morgan fingerprint density at radius 2 is 2.32 bits per heavy atom. The molecule has 0 aromatic heterocycles. The Morgan fingerprint density at radius 1 is 1.68 bits per heavy atom. The van der Waals surface area contributed by atoms with Crippen molar-refractivity contribution in [3.63, 3.8) is 0 Å². The number of rotatable bonds is 6. The fourth-order valence-electron chi connectivity index (χ4n) is 1.53. The van der Waals surface area contributed by atoms with E-state index in [9.17, 15) is 15.2 Å². The maximum atomic E-state index is 10.8. The molecule has 0 fully saturated rings. The Kier molecular flexibility index (Phi) is 5.14. The smallest absolute Gasteiger partial charge is 0.270 e. The summed E-state index contributed by atoms with van der Waals surface area (Å²) in [6.07, 6.45) is -0.495. The van der Waals surface area contributed by atoms with Gasteiger partial charge in [-0.15, -0.1) is 0 Å². The second-order valence-corrected chi connectivity index (χ2v) is 4.49. The lowest BCUT2D eigenvalue weighted by Gasteiger charge is -2.16. The molecule has 0 aliphatic carbocycles. The van der Waals surface area contributed by atoms with Crippen LogP contribution in [0.4, 0.5) is 5.69 Å². The third-order valence-corrected chi connectivity index (χ3v) is 2.76. The molecule has 1 N–H and O–H groups in total. The summed E-state index contributed by atoms with van der Waals surface area (Å²) in [5.41, 5.74) is 1.28. The van der Waals surface area contributed by atoms with Crippen LogP contribution in [0.5, 0.6) is 5.75 Å². The Labute approximate surface area is 116 Å². The molecule has 19 heavy (non-hydrogen) atoms. The number of non-ortho nitro benzene ring substituents is 1. The lowest BCUT2D eigenvalue weighted by atomic mass is 10.0. The van der Waals surface area contributed by atoms with Gasteiger partial charge in [-0.05, 0) is 13.8 Å². The normalized spacial score (nSPS) is 11.9. The third kappa shape index (κ3) is 3.84. The average molecular weight is 281 g/mol. The van der Waals surface area contributed by atoms with Gasteiger partial charge in [-0.25, -0.2) is 0 Å². The van der Waals surface area contributed by atoms with Crippen LogP contribution >= 0.6 is 12.2 Å². The number of thiocarbonyl (C=S) groups is 1. The van der Waals surface area contributed by atoms with Gasteiger partial charge >= 0.3 is 0 Å². The summed E-state index contributed by atoms with van der Waals surface area (Å²) in [5, 5.41) is 22.1. The number of benzene rings is 1. The monoisotopic (exact) mass is 281 g/mol. The van der Waals surface area contributed by atoms with E-state index >= 15 is 0 Å². The molecule has 0 spiro atoms. The van der Waals surface area contributed by atoms with Crippen molar-refractivity contribution in [2.75, 3.05) is 6.61 Å². The number of nitrogens with zero attached hydrogens (tertiary/aromatic N) is 1. The Balaban J connectivity index is 3.17. The number of ether oxygens (including phenoxy) is 1. The number of phenols is 1. The zero-order valence-corrected chi connectivity index (χ0v) is 11.6. The average Bonchev–Trinajstić information content (AvgIpc) is 2.35. The van der Waals surface area contributed by atoms with E-state index in [0.717, 1.165) is 5.57 Å². The number of phenolic OH excluding ortho intramolecular Hbond substituents is 1. The van der Waals surface area contributed by atoms with Gasteiger partial charge in [0.2, 0.25) is 0 Å². The molecule has 0 aliphatic heterocycles. The summed E-state index contributed by atoms with van der Waals surface area (Å²) in [7, 11) is 0. The van der Waals surface area contributed by atoms with E-state index in [1.165, 1.54) is 17.5 Å². The fourth-order valence-corrected chi connectivity index (χ4v) is 1.71. The van der Waals surface area contributed by atoms with Crippen LogP contribution < -0.4 is 0 Å². The van der Waals surface area contributed by atoms with Gasteiger partial charge in [-0.1, -0.05) is 24.4 Å². The first-order valence-corrected chi connectivity index (χ1v) is 6.06. The third-order valence-electron chi connectivity index (χ3n) is 2.51. The van der Waals surface area contributed by atoms with Crippen LogP contribution in [0.1, 0.15) is 31.1 Å². The molecule has 1 aromatic carbocycles. The molecule has 1 aromatic rings. The predicted octanol–water partition coefficient (Wildman–Crippen LogP) is 3.30. The van der Waals surface area contributed by atoms with Crippen LogP contribution in [-0.4, -0.2) is 22.0 Å². The van der Waals surface area contributed by atoms with Crippen LogP contribution in [0, 0.1) is 10.1 Å². The number of aromatic hydroxyl groups is 1. The maximum Gasteiger partial charge on any atom is 0.270 e. The van der Waals surface area contributed by atoms with E-state index in [0.29, 0.717) is 12.2 Å². The largest absolute Gasteiger partial charge is 0.507 e. The van der Waals surface area contributed by atoms with Crippen LogP contribution in [-0.2, 0) is 4.74 Å². The van der Waals surface area contributed by atoms with E-state index in [1.807, 2.05) is 6.92 Å². The molecule has 0 bridgehead atoms. The summed E-state index contributed by atoms with van der Waals surface area (Å²) in [5.74, 6) is -0.0881. The summed E-state index contributed by atoms with van der Waals surface area (Å²) < 4.78 is 5.47. The molecule has 0 radical (unpaired) electrons. The molecule has 1 unspecified atom stereocenters. The van der Waals surface area contributed by atoms with Crippen LogP contribution in [0.15, 0.2) is 24.3 Å². The van der Waals surface area contributed by atoms with Gasteiger partial charge < -0.3 is 9.84 Å². The second-order valence-electron chi connectivity index (χ2n) is 4.26. The summed E-state index contributed by atoms with van der Waals surface area (Å²) in [6.45, 7) is 7.53. The van der Waals surface area contributed by atoms with E-state index in [1.54, 1.807) is 6.92 Å². The van der Waals surface area contributed by atoms with Crippen molar-refractivity contribution in [1.29, 1.82) is 0 Å². The molecule has 0 saturated heterocycles. The molecule has 0 heterocycles. The van der Waals surface area contributed by atoms with Crippen molar-refractivity contribution >= 4 is 23.3 Å². The van der Waals surface area contributed by atoms with Crippen LogP contribution in [0.3, 0.4) is 0 Å². The summed E-state index contributed by atoms with van der Waals surface area (Å²) in [6, 6.07) is 2.53. The van der Waals surface area contributed by atoms with E-state index in [-0.39, 0.29) is 17.0 Å². The van der Waals surface area contributed by atoms with Crippen molar-refractivity contribution in [2.24, 2.45) is 0 Å². The Bertz CT molecular complexity index is 528. The molecule has 1 rings (SSSR count). The molecule has 1 atom stereocenters. The highest BCUT2D eigenvalue weighted by Crippen LogP contribution is 2.33. The number of hydrogen-bond acceptors (Lipinski definition) is 5. The SMILES string of the molecule is C=C(C)COC(C)c1cc([N+](=O)[O-])cc(C=S)c1O. The van der Waals surface area contributed by atoms with Gasteiger partial charge in [0, 0.05) is 28.6 Å². The first-order chi connectivity index (χ1) is 8.86. The molecule has 0 amide bonds.